The predicted molar refractivity (Wildman–Crippen MR) is 76.9 cm³/mol. The number of aryl methyl sites for hydroxylation is 1. The molecule has 1 heterocycles. The van der Waals surface area contributed by atoms with Crippen molar-refractivity contribution in [1.82, 2.24) is 9.29 Å². The molecule has 1 rings (SSSR count). The maximum atomic E-state index is 12.1. The summed E-state index contributed by atoms with van der Waals surface area (Å²) in [6, 6.07) is -0.196. The van der Waals surface area contributed by atoms with E-state index >= 15 is 0 Å². The molecule has 0 saturated heterocycles. The van der Waals surface area contributed by atoms with Crippen molar-refractivity contribution in [2.45, 2.75) is 33.7 Å². The highest BCUT2D eigenvalue weighted by atomic mass is 32.2. The number of H-pyrrole nitrogens is 1. The molecule has 7 nitrogen and oxygen atoms in total. The van der Waals surface area contributed by atoms with Gasteiger partial charge in [-0.25, -0.2) is 4.79 Å². The summed E-state index contributed by atoms with van der Waals surface area (Å²) < 4.78 is 32.8. The first-order chi connectivity index (χ1) is 9.20. The number of nitrogens with one attached hydrogen (secondary N) is 2. The minimum Gasteiger partial charge on any atom is -0.462 e. The maximum Gasteiger partial charge on any atom is 0.342 e. The summed E-state index contributed by atoms with van der Waals surface area (Å²) in [5.74, 6) is -0.559. The lowest BCUT2D eigenvalue weighted by Gasteiger charge is -2.21. The van der Waals surface area contributed by atoms with E-state index in [0.29, 0.717) is 5.69 Å². The van der Waals surface area contributed by atoms with Gasteiger partial charge in [0.25, 0.3) is 0 Å². The van der Waals surface area contributed by atoms with Crippen LogP contribution in [0.5, 0.6) is 0 Å². The van der Waals surface area contributed by atoms with Crippen molar-refractivity contribution in [3.8, 4) is 0 Å². The molecule has 0 aromatic carbocycles. The summed E-state index contributed by atoms with van der Waals surface area (Å²) in [6.07, 6.45) is 1.44. The van der Waals surface area contributed by atoms with Gasteiger partial charge in [0.15, 0.2) is 0 Å². The summed E-state index contributed by atoms with van der Waals surface area (Å²) in [5.41, 5.74) is 0.939. The van der Waals surface area contributed by atoms with E-state index in [9.17, 15) is 13.2 Å². The molecule has 0 aliphatic rings. The van der Waals surface area contributed by atoms with Gasteiger partial charge >= 0.3 is 16.2 Å². The largest absolute Gasteiger partial charge is 0.462 e. The van der Waals surface area contributed by atoms with Crippen LogP contribution in [0.2, 0.25) is 0 Å². The standard InChI is InChI=1S/C12H21N3O4S/c1-6-19-12(16)11-9(4)13-7-10(11)14-20(17,18)15(5)8(2)3/h7-8,13-14H,6H2,1-5H3. The normalized spacial score (nSPS) is 11.9. The molecule has 1 aromatic heterocycles. The van der Waals surface area contributed by atoms with E-state index in [0.717, 1.165) is 0 Å². The summed E-state index contributed by atoms with van der Waals surface area (Å²) in [5, 5.41) is 0. The Bertz CT molecular complexity index is 578. The molecule has 0 aliphatic heterocycles. The second-order valence-corrected chi connectivity index (χ2v) is 6.37. The minimum atomic E-state index is -3.71. The Morgan fingerprint density at radius 1 is 1.50 bits per heavy atom. The molecule has 1 aromatic rings. The number of aromatic nitrogens is 1. The molecule has 0 radical (unpaired) electrons. The van der Waals surface area contributed by atoms with Crippen molar-refractivity contribution < 1.29 is 17.9 Å². The predicted octanol–water partition coefficient (Wildman–Crippen LogP) is 1.50. The first-order valence-electron chi connectivity index (χ1n) is 6.31. The molecule has 8 heteroatoms. The zero-order valence-electron chi connectivity index (χ0n) is 12.4. The van der Waals surface area contributed by atoms with Crippen LogP contribution in [0.25, 0.3) is 0 Å². The Hall–Kier alpha value is -1.54. The molecule has 0 aliphatic carbocycles. The second-order valence-electron chi connectivity index (χ2n) is 4.64. The van der Waals surface area contributed by atoms with Gasteiger partial charge in [-0.3, -0.25) is 4.72 Å². The quantitative estimate of drug-likeness (QED) is 0.779. The van der Waals surface area contributed by atoms with Gasteiger partial charge in [0, 0.05) is 25.0 Å². The van der Waals surface area contributed by atoms with Crippen LogP contribution < -0.4 is 4.72 Å². The van der Waals surface area contributed by atoms with E-state index in [1.54, 1.807) is 27.7 Å². The van der Waals surface area contributed by atoms with Gasteiger partial charge in [-0.2, -0.15) is 12.7 Å². The fourth-order valence-corrected chi connectivity index (χ4v) is 2.70. The summed E-state index contributed by atoms with van der Waals surface area (Å²) in [6.45, 7) is 7.11. The zero-order chi connectivity index (χ0) is 15.5. The minimum absolute atomic E-state index is 0.188. The highest BCUT2D eigenvalue weighted by Crippen LogP contribution is 2.22. The Morgan fingerprint density at radius 2 is 2.10 bits per heavy atom. The number of aromatic amines is 1. The van der Waals surface area contributed by atoms with Crippen molar-refractivity contribution in [3.05, 3.63) is 17.5 Å². The third-order valence-corrected chi connectivity index (χ3v) is 4.56. The molecular weight excluding hydrogens is 282 g/mol. The number of anilines is 1. The van der Waals surface area contributed by atoms with Crippen LogP contribution >= 0.6 is 0 Å². The van der Waals surface area contributed by atoms with Gasteiger partial charge in [-0.05, 0) is 27.7 Å². The van der Waals surface area contributed by atoms with Gasteiger partial charge in [0.2, 0.25) is 0 Å². The van der Waals surface area contributed by atoms with Crippen LogP contribution in [-0.2, 0) is 14.9 Å². The molecule has 0 fully saturated rings. The van der Waals surface area contributed by atoms with Gasteiger partial charge in [0.05, 0.1) is 12.3 Å². The third-order valence-electron chi connectivity index (χ3n) is 2.90. The zero-order valence-corrected chi connectivity index (χ0v) is 13.2. The smallest absolute Gasteiger partial charge is 0.342 e. The number of rotatable bonds is 6. The fraction of sp³-hybridized carbons (Fsp3) is 0.583. The van der Waals surface area contributed by atoms with Gasteiger partial charge in [-0.1, -0.05) is 0 Å². The fourth-order valence-electron chi connectivity index (χ4n) is 1.56. The van der Waals surface area contributed by atoms with Crippen molar-refractivity contribution >= 4 is 21.9 Å². The van der Waals surface area contributed by atoms with E-state index < -0.39 is 16.2 Å². The lowest BCUT2D eigenvalue weighted by molar-refractivity contribution is 0.0527. The monoisotopic (exact) mass is 303 g/mol. The Morgan fingerprint density at radius 3 is 2.60 bits per heavy atom. The van der Waals surface area contributed by atoms with E-state index in [1.807, 2.05) is 0 Å². The average molecular weight is 303 g/mol. The Balaban J connectivity index is 3.08. The van der Waals surface area contributed by atoms with Crippen molar-refractivity contribution in [2.75, 3.05) is 18.4 Å². The molecule has 114 valence electrons. The molecule has 0 spiro atoms. The van der Waals surface area contributed by atoms with E-state index in [1.165, 1.54) is 17.5 Å². The molecule has 20 heavy (non-hydrogen) atoms. The van der Waals surface area contributed by atoms with Crippen molar-refractivity contribution in [2.24, 2.45) is 0 Å². The summed E-state index contributed by atoms with van der Waals surface area (Å²) >= 11 is 0. The van der Waals surface area contributed by atoms with Crippen molar-refractivity contribution in [1.29, 1.82) is 0 Å². The highest BCUT2D eigenvalue weighted by molar-refractivity contribution is 7.90. The van der Waals surface area contributed by atoms with E-state index in [-0.39, 0.29) is 23.9 Å². The number of carbonyl (C=O) groups is 1. The maximum absolute atomic E-state index is 12.1. The highest BCUT2D eigenvalue weighted by Gasteiger charge is 2.25. The average Bonchev–Trinajstić information content (AvgIpc) is 2.68. The van der Waals surface area contributed by atoms with E-state index in [2.05, 4.69) is 9.71 Å². The molecule has 0 bridgehead atoms. The Labute approximate surface area is 119 Å². The summed E-state index contributed by atoms with van der Waals surface area (Å²) in [4.78, 5) is 14.7. The number of hydrogen-bond donors (Lipinski definition) is 2. The van der Waals surface area contributed by atoms with Crippen LogP contribution in [0, 0.1) is 6.92 Å². The molecular formula is C12H21N3O4S. The second kappa shape index (κ2) is 6.27. The molecule has 0 amide bonds. The topological polar surface area (TPSA) is 91.5 Å². The summed E-state index contributed by atoms with van der Waals surface area (Å²) in [7, 11) is -2.25. The molecule has 0 atom stereocenters. The first kappa shape index (κ1) is 16.5. The van der Waals surface area contributed by atoms with Crippen LogP contribution in [0.1, 0.15) is 36.8 Å². The van der Waals surface area contributed by atoms with E-state index in [4.69, 9.17) is 4.74 Å². The first-order valence-corrected chi connectivity index (χ1v) is 7.75. The lowest BCUT2D eigenvalue weighted by Crippen LogP contribution is -2.37. The molecule has 0 saturated carbocycles. The van der Waals surface area contributed by atoms with Gasteiger partial charge in [-0.15, -0.1) is 0 Å². The Kier molecular flexibility index (Phi) is 5.18. The number of esters is 1. The number of nitrogens with zero attached hydrogens (tertiary/aromatic N) is 1. The van der Waals surface area contributed by atoms with Crippen LogP contribution in [-0.4, -0.2) is 43.4 Å². The van der Waals surface area contributed by atoms with Gasteiger partial charge in [0.1, 0.15) is 5.56 Å². The number of carbonyl (C=O) groups excluding carboxylic acids is 1. The van der Waals surface area contributed by atoms with Crippen molar-refractivity contribution in [3.63, 3.8) is 0 Å². The SMILES string of the molecule is CCOC(=O)c1c(NS(=O)(=O)N(C)C(C)C)c[nH]c1C. The van der Waals surface area contributed by atoms with Crippen LogP contribution in [0.3, 0.4) is 0 Å². The van der Waals surface area contributed by atoms with Crippen LogP contribution in [0.15, 0.2) is 6.20 Å². The lowest BCUT2D eigenvalue weighted by atomic mass is 10.2. The van der Waals surface area contributed by atoms with Crippen LogP contribution in [0.4, 0.5) is 5.69 Å². The number of hydrogen-bond acceptors (Lipinski definition) is 4. The molecule has 0 unspecified atom stereocenters. The molecule has 2 N–H and O–H groups in total. The number of ether oxygens (including phenoxy) is 1. The third kappa shape index (κ3) is 3.51. The van der Waals surface area contributed by atoms with Gasteiger partial charge < -0.3 is 9.72 Å².